The molecule has 1 N–H and O–H groups in total. The fourth-order valence-electron chi connectivity index (χ4n) is 2.35. The average Bonchev–Trinajstić information content (AvgIpc) is 2.89. The molecule has 4 nitrogen and oxygen atoms in total. The largest absolute Gasteiger partial charge is 0.469 e. The summed E-state index contributed by atoms with van der Waals surface area (Å²) in [6, 6.07) is 3.73. The van der Waals surface area contributed by atoms with E-state index < -0.39 is 0 Å². The van der Waals surface area contributed by atoms with Crippen LogP contribution in [0.4, 0.5) is 0 Å². The second-order valence-electron chi connectivity index (χ2n) is 4.50. The van der Waals surface area contributed by atoms with Crippen LogP contribution >= 0.6 is 0 Å². The summed E-state index contributed by atoms with van der Waals surface area (Å²) in [5.74, 6) is 0.969. The van der Waals surface area contributed by atoms with Crippen molar-refractivity contribution in [3.05, 3.63) is 24.2 Å². The summed E-state index contributed by atoms with van der Waals surface area (Å²) in [4.78, 5) is 13.9. The van der Waals surface area contributed by atoms with Crippen LogP contribution in [0.1, 0.15) is 31.4 Å². The Balaban J connectivity index is 1.85. The number of hydrogen-bond acceptors (Lipinski definition) is 3. The van der Waals surface area contributed by atoms with Crippen LogP contribution < -0.4 is 0 Å². The van der Waals surface area contributed by atoms with Crippen molar-refractivity contribution in [2.75, 3.05) is 13.2 Å². The van der Waals surface area contributed by atoms with Gasteiger partial charge in [-0.1, -0.05) is 0 Å². The molecule has 0 aliphatic carbocycles. The fourth-order valence-corrected chi connectivity index (χ4v) is 2.35. The molecule has 1 amide bonds. The summed E-state index contributed by atoms with van der Waals surface area (Å²) in [5, 5.41) is 9.25. The van der Waals surface area contributed by atoms with Crippen molar-refractivity contribution in [3.63, 3.8) is 0 Å². The van der Waals surface area contributed by atoms with Crippen molar-refractivity contribution in [2.24, 2.45) is 0 Å². The monoisotopic (exact) mass is 237 g/mol. The molecule has 1 aromatic heterocycles. The van der Waals surface area contributed by atoms with Gasteiger partial charge >= 0.3 is 0 Å². The fraction of sp³-hybridized carbons (Fsp3) is 0.615. The zero-order valence-electron chi connectivity index (χ0n) is 9.97. The van der Waals surface area contributed by atoms with Crippen LogP contribution in [0.25, 0.3) is 0 Å². The van der Waals surface area contributed by atoms with E-state index >= 15 is 0 Å². The smallest absolute Gasteiger partial charge is 0.223 e. The van der Waals surface area contributed by atoms with Crippen molar-refractivity contribution >= 4 is 5.91 Å². The van der Waals surface area contributed by atoms with Crippen LogP contribution in [0.3, 0.4) is 0 Å². The van der Waals surface area contributed by atoms with Gasteiger partial charge in [-0.25, -0.2) is 0 Å². The van der Waals surface area contributed by atoms with Gasteiger partial charge in [-0.05, 0) is 31.4 Å². The van der Waals surface area contributed by atoms with Crippen molar-refractivity contribution in [3.8, 4) is 0 Å². The first kappa shape index (κ1) is 12.2. The van der Waals surface area contributed by atoms with E-state index in [1.54, 1.807) is 6.26 Å². The molecule has 17 heavy (non-hydrogen) atoms. The van der Waals surface area contributed by atoms with Gasteiger partial charge in [-0.2, -0.15) is 0 Å². The number of carbonyl (C=O) groups is 1. The molecule has 1 atom stereocenters. The molecule has 1 fully saturated rings. The third-order valence-corrected chi connectivity index (χ3v) is 3.32. The highest BCUT2D eigenvalue weighted by molar-refractivity contribution is 5.76. The van der Waals surface area contributed by atoms with Crippen molar-refractivity contribution < 1.29 is 14.3 Å². The number of amides is 1. The van der Waals surface area contributed by atoms with Gasteiger partial charge in [0.1, 0.15) is 5.76 Å². The topological polar surface area (TPSA) is 53.7 Å². The second kappa shape index (κ2) is 5.87. The number of aryl methyl sites for hydroxylation is 1. The van der Waals surface area contributed by atoms with E-state index in [4.69, 9.17) is 4.42 Å². The first-order valence-electron chi connectivity index (χ1n) is 6.24. The maximum Gasteiger partial charge on any atom is 0.223 e. The molecule has 2 rings (SSSR count). The summed E-state index contributed by atoms with van der Waals surface area (Å²) >= 11 is 0. The molecular weight excluding hydrogens is 218 g/mol. The van der Waals surface area contributed by atoms with Gasteiger partial charge in [0, 0.05) is 19.4 Å². The third kappa shape index (κ3) is 3.09. The standard InChI is InChI=1S/C13H19NO3/c15-10-11-4-1-2-8-14(11)13(16)7-6-12-5-3-9-17-12/h3,5,9,11,15H,1-2,4,6-8,10H2. The average molecular weight is 237 g/mol. The maximum absolute atomic E-state index is 12.0. The first-order chi connectivity index (χ1) is 8.31. The zero-order valence-corrected chi connectivity index (χ0v) is 9.97. The Bertz CT molecular complexity index is 348. The number of carbonyl (C=O) groups excluding carboxylic acids is 1. The molecule has 1 saturated heterocycles. The maximum atomic E-state index is 12.0. The molecule has 1 unspecified atom stereocenters. The Hall–Kier alpha value is -1.29. The van der Waals surface area contributed by atoms with E-state index in [0.717, 1.165) is 31.6 Å². The Morgan fingerprint density at radius 1 is 1.53 bits per heavy atom. The molecule has 4 heteroatoms. The highest BCUT2D eigenvalue weighted by atomic mass is 16.3. The number of aliphatic hydroxyl groups is 1. The minimum absolute atomic E-state index is 0.0212. The number of rotatable bonds is 4. The van der Waals surface area contributed by atoms with Crippen LogP contribution in [0.2, 0.25) is 0 Å². The zero-order chi connectivity index (χ0) is 12.1. The van der Waals surface area contributed by atoms with Gasteiger partial charge < -0.3 is 14.4 Å². The molecule has 0 saturated carbocycles. The van der Waals surface area contributed by atoms with E-state index in [0.29, 0.717) is 12.8 Å². The van der Waals surface area contributed by atoms with Gasteiger partial charge in [-0.3, -0.25) is 4.79 Å². The number of nitrogens with zero attached hydrogens (tertiary/aromatic N) is 1. The Morgan fingerprint density at radius 3 is 3.12 bits per heavy atom. The van der Waals surface area contributed by atoms with Crippen LogP contribution in [0.15, 0.2) is 22.8 Å². The summed E-state index contributed by atoms with van der Waals surface area (Å²) in [6.45, 7) is 0.856. The van der Waals surface area contributed by atoms with Crippen LogP contribution in [-0.4, -0.2) is 35.1 Å². The van der Waals surface area contributed by atoms with Gasteiger partial charge in [-0.15, -0.1) is 0 Å². The predicted octanol–water partition coefficient (Wildman–Crippen LogP) is 1.59. The lowest BCUT2D eigenvalue weighted by atomic mass is 10.0. The molecule has 94 valence electrons. The van der Waals surface area contributed by atoms with E-state index in [9.17, 15) is 9.90 Å². The lowest BCUT2D eigenvalue weighted by molar-refractivity contribution is -0.135. The molecule has 1 aliphatic rings. The summed E-state index contributed by atoms with van der Waals surface area (Å²) < 4.78 is 5.20. The molecule has 0 spiro atoms. The minimum atomic E-state index is 0.0212. The lowest BCUT2D eigenvalue weighted by Gasteiger charge is -2.34. The van der Waals surface area contributed by atoms with E-state index in [1.165, 1.54) is 0 Å². The molecule has 2 heterocycles. The second-order valence-corrected chi connectivity index (χ2v) is 4.50. The van der Waals surface area contributed by atoms with Gasteiger partial charge in [0.2, 0.25) is 5.91 Å². The van der Waals surface area contributed by atoms with Crippen molar-refractivity contribution in [2.45, 2.75) is 38.1 Å². The van der Waals surface area contributed by atoms with E-state index in [-0.39, 0.29) is 18.6 Å². The minimum Gasteiger partial charge on any atom is -0.469 e. The lowest BCUT2D eigenvalue weighted by Crippen LogP contribution is -2.45. The highest BCUT2D eigenvalue weighted by Crippen LogP contribution is 2.18. The van der Waals surface area contributed by atoms with E-state index in [2.05, 4.69) is 0 Å². The number of furan rings is 1. The van der Waals surface area contributed by atoms with Gasteiger partial charge in [0.15, 0.2) is 0 Å². The van der Waals surface area contributed by atoms with Crippen molar-refractivity contribution in [1.29, 1.82) is 0 Å². The van der Waals surface area contributed by atoms with E-state index in [1.807, 2.05) is 17.0 Å². The SMILES string of the molecule is O=C(CCc1ccco1)N1CCCCC1CO. The summed E-state index contributed by atoms with van der Waals surface area (Å²) in [6.07, 6.45) is 5.79. The Labute approximate surface area is 101 Å². The molecule has 0 aromatic carbocycles. The normalized spacial score (nSPS) is 20.5. The number of aliphatic hydroxyl groups excluding tert-OH is 1. The van der Waals surface area contributed by atoms with Crippen LogP contribution in [0, 0.1) is 0 Å². The van der Waals surface area contributed by atoms with Crippen LogP contribution in [-0.2, 0) is 11.2 Å². The van der Waals surface area contributed by atoms with Gasteiger partial charge in [0.25, 0.3) is 0 Å². The quantitative estimate of drug-likeness (QED) is 0.865. The Morgan fingerprint density at radius 2 is 2.41 bits per heavy atom. The predicted molar refractivity (Wildman–Crippen MR) is 63.5 cm³/mol. The summed E-state index contributed by atoms with van der Waals surface area (Å²) in [7, 11) is 0. The first-order valence-corrected chi connectivity index (χ1v) is 6.24. The number of piperidine rings is 1. The van der Waals surface area contributed by atoms with Crippen molar-refractivity contribution in [1.82, 2.24) is 4.90 Å². The molecule has 0 bridgehead atoms. The Kier molecular flexibility index (Phi) is 4.20. The third-order valence-electron chi connectivity index (χ3n) is 3.32. The number of likely N-dealkylation sites (tertiary alicyclic amines) is 1. The number of hydrogen-bond donors (Lipinski definition) is 1. The molecular formula is C13H19NO3. The van der Waals surface area contributed by atoms with Gasteiger partial charge in [0.05, 0.1) is 18.9 Å². The highest BCUT2D eigenvalue weighted by Gasteiger charge is 2.25. The van der Waals surface area contributed by atoms with Crippen LogP contribution in [0.5, 0.6) is 0 Å². The molecule has 1 aliphatic heterocycles. The molecule has 0 radical (unpaired) electrons. The summed E-state index contributed by atoms with van der Waals surface area (Å²) in [5.41, 5.74) is 0. The molecule has 1 aromatic rings.